The lowest BCUT2D eigenvalue weighted by Gasteiger charge is -2.21. The molecule has 0 bridgehead atoms. The number of aryl methyl sites for hydroxylation is 3. The molecule has 2 aromatic carbocycles. The molecule has 20 heavy (non-hydrogen) atoms. The Kier molecular flexibility index (Phi) is 3.96. The van der Waals surface area contributed by atoms with Crippen molar-refractivity contribution >= 4 is 0 Å². The van der Waals surface area contributed by atoms with Gasteiger partial charge in [-0.05, 0) is 68.5 Å². The number of benzene rings is 2. The van der Waals surface area contributed by atoms with Crippen LogP contribution in [0.5, 0.6) is 0 Å². The number of rotatable bonds is 2. The monoisotopic (exact) mass is 272 g/mol. The van der Waals surface area contributed by atoms with Crippen LogP contribution < -0.4 is 0 Å². The largest absolute Gasteiger partial charge is 0.384 e. The zero-order valence-electron chi connectivity index (χ0n) is 12.7. The molecule has 0 aliphatic rings. The van der Waals surface area contributed by atoms with Gasteiger partial charge in [-0.15, -0.1) is 0 Å². The molecule has 1 atom stereocenters. The van der Waals surface area contributed by atoms with E-state index in [1.165, 1.54) is 6.07 Å². The van der Waals surface area contributed by atoms with E-state index >= 15 is 0 Å². The maximum atomic E-state index is 14.0. The Hall–Kier alpha value is -1.67. The molecule has 1 unspecified atom stereocenters. The minimum absolute atomic E-state index is 0.348. The van der Waals surface area contributed by atoms with Gasteiger partial charge < -0.3 is 5.11 Å². The lowest BCUT2D eigenvalue weighted by atomic mass is 9.88. The third-order valence-electron chi connectivity index (χ3n) is 4.14. The van der Waals surface area contributed by atoms with E-state index in [1.54, 1.807) is 12.1 Å². The van der Waals surface area contributed by atoms with Crippen molar-refractivity contribution in [2.45, 2.75) is 40.7 Å². The van der Waals surface area contributed by atoms with Crippen LogP contribution >= 0.6 is 0 Å². The van der Waals surface area contributed by atoms with Crippen LogP contribution in [0.4, 0.5) is 4.39 Å². The first kappa shape index (κ1) is 14.7. The van der Waals surface area contributed by atoms with E-state index in [-0.39, 0.29) is 5.82 Å². The molecule has 2 aromatic rings. The normalized spacial score (nSPS) is 12.6. The van der Waals surface area contributed by atoms with Crippen LogP contribution in [0.3, 0.4) is 0 Å². The van der Waals surface area contributed by atoms with Crippen LogP contribution in [0, 0.1) is 40.4 Å². The number of aliphatic hydroxyl groups is 1. The van der Waals surface area contributed by atoms with Crippen LogP contribution in [0.15, 0.2) is 24.3 Å². The molecule has 0 saturated heterocycles. The molecular weight excluding hydrogens is 251 g/mol. The van der Waals surface area contributed by atoms with Gasteiger partial charge in [-0.3, -0.25) is 0 Å². The first-order chi connectivity index (χ1) is 9.32. The topological polar surface area (TPSA) is 20.2 Å². The van der Waals surface area contributed by atoms with Crippen molar-refractivity contribution < 1.29 is 9.50 Å². The average Bonchev–Trinajstić information content (AvgIpc) is 2.39. The molecule has 0 spiro atoms. The highest BCUT2D eigenvalue weighted by Gasteiger charge is 2.21. The molecule has 1 nitrogen and oxygen atoms in total. The molecule has 2 rings (SSSR count). The fourth-order valence-electron chi connectivity index (χ4n) is 2.69. The quantitative estimate of drug-likeness (QED) is 0.856. The summed E-state index contributed by atoms with van der Waals surface area (Å²) in [4.78, 5) is 0. The molecule has 106 valence electrons. The van der Waals surface area contributed by atoms with Gasteiger partial charge in [-0.2, -0.15) is 0 Å². The Bertz CT molecular complexity index is 633. The van der Waals surface area contributed by atoms with Gasteiger partial charge in [0.15, 0.2) is 0 Å². The number of hydrogen-bond donors (Lipinski definition) is 1. The fraction of sp³-hybridized carbons (Fsp3) is 0.333. The molecular formula is C18H21FO. The van der Waals surface area contributed by atoms with E-state index < -0.39 is 6.10 Å². The molecule has 0 aliphatic carbocycles. The maximum absolute atomic E-state index is 14.0. The van der Waals surface area contributed by atoms with Gasteiger partial charge >= 0.3 is 0 Å². The van der Waals surface area contributed by atoms with E-state index in [0.29, 0.717) is 5.56 Å². The standard InChI is InChI=1S/C18H21FO/c1-10-6-7-16(19)15(8-10)18(20)17-13(4)11(2)9-12(3)14(17)5/h6-9,18,20H,1-5H3. The van der Waals surface area contributed by atoms with Crippen molar-refractivity contribution in [2.24, 2.45) is 0 Å². The summed E-state index contributed by atoms with van der Waals surface area (Å²) in [7, 11) is 0. The highest BCUT2D eigenvalue weighted by molar-refractivity contribution is 5.48. The summed E-state index contributed by atoms with van der Waals surface area (Å²) in [6.45, 7) is 9.90. The minimum atomic E-state index is -0.923. The summed E-state index contributed by atoms with van der Waals surface area (Å²) >= 11 is 0. The first-order valence-corrected chi connectivity index (χ1v) is 6.84. The maximum Gasteiger partial charge on any atom is 0.129 e. The molecule has 0 aliphatic heterocycles. The van der Waals surface area contributed by atoms with Crippen LogP contribution in [0.25, 0.3) is 0 Å². The Balaban J connectivity index is 2.65. The second-order valence-corrected chi connectivity index (χ2v) is 5.60. The first-order valence-electron chi connectivity index (χ1n) is 6.84. The zero-order valence-corrected chi connectivity index (χ0v) is 12.7. The minimum Gasteiger partial charge on any atom is -0.384 e. The van der Waals surface area contributed by atoms with E-state index in [4.69, 9.17) is 0 Å². The predicted octanol–water partition coefficient (Wildman–Crippen LogP) is 4.45. The van der Waals surface area contributed by atoms with Gasteiger partial charge in [0.2, 0.25) is 0 Å². The van der Waals surface area contributed by atoms with Crippen molar-refractivity contribution in [3.63, 3.8) is 0 Å². The lowest BCUT2D eigenvalue weighted by molar-refractivity contribution is 0.213. The highest BCUT2D eigenvalue weighted by atomic mass is 19.1. The molecule has 2 heteroatoms. The Morgan fingerprint density at radius 3 is 2.00 bits per heavy atom. The van der Waals surface area contributed by atoms with E-state index in [2.05, 4.69) is 6.07 Å². The zero-order chi connectivity index (χ0) is 15.0. The van der Waals surface area contributed by atoms with Crippen LogP contribution in [0.1, 0.15) is 45.0 Å². The summed E-state index contributed by atoms with van der Waals surface area (Å²) in [5.41, 5.74) is 6.42. The van der Waals surface area contributed by atoms with Crippen molar-refractivity contribution in [2.75, 3.05) is 0 Å². The summed E-state index contributed by atoms with van der Waals surface area (Å²) < 4.78 is 14.0. The third kappa shape index (κ3) is 2.48. The van der Waals surface area contributed by atoms with Crippen molar-refractivity contribution in [3.05, 3.63) is 69.0 Å². The molecule has 0 amide bonds. The predicted molar refractivity (Wildman–Crippen MR) is 80.6 cm³/mol. The van der Waals surface area contributed by atoms with Crippen LogP contribution in [0.2, 0.25) is 0 Å². The average molecular weight is 272 g/mol. The molecule has 0 aromatic heterocycles. The highest BCUT2D eigenvalue weighted by Crippen LogP contribution is 2.32. The second-order valence-electron chi connectivity index (χ2n) is 5.60. The number of aliphatic hydroxyl groups excluding tert-OH is 1. The van der Waals surface area contributed by atoms with Gasteiger partial charge in [0.05, 0.1) is 0 Å². The van der Waals surface area contributed by atoms with Crippen molar-refractivity contribution in [1.29, 1.82) is 0 Å². The Morgan fingerprint density at radius 1 is 0.900 bits per heavy atom. The van der Waals surface area contributed by atoms with E-state index in [9.17, 15) is 9.50 Å². The van der Waals surface area contributed by atoms with Crippen LogP contribution in [-0.2, 0) is 0 Å². The molecule has 0 heterocycles. The van der Waals surface area contributed by atoms with Gasteiger partial charge in [-0.1, -0.05) is 23.8 Å². The van der Waals surface area contributed by atoms with Gasteiger partial charge in [0, 0.05) is 5.56 Å². The number of hydrogen-bond acceptors (Lipinski definition) is 1. The molecule has 0 fully saturated rings. The van der Waals surface area contributed by atoms with Gasteiger partial charge in [0.25, 0.3) is 0 Å². The van der Waals surface area contributed by atoms with Crippen molar-refractivity contribution in [3.8, 4) is 0 Å². The van der Waals surface area contributed by atoms with Gasteiger partial charge in [0.1, 0.15) is 11.9 Å². The number of halogens is 1. The Labute approximate surface area is 120 Å². The SMILES string of the molecule is Cc1ccc(F)c(C(O)c2c(C)c(C)cc(C)c2C)c1. The molecule has 1 N–H and O–H groups in total. The summed E-state index contributed by atoms with van der Waals surface area (Å²) in [6.07, 6.45) is -0.923. The van der Waals surface area contributed by atoms with E-state index in [1.807, 2.05) is 34.6 Å². The summed E-state index contributed by atoms with van der Waals surface area (Å²) in [6, 6.07) is 6.96. The fourth-order valence-corrected chi connectivity index (χ4v) is 2.69. The molecule has 0 saturated carbocycles. The summed E-state index contributed by atoms with van der Waals surface area (Å²) in [5, 5.41) is 10.7. The second kappa shape index (κ2) is 5.37. The van der Waals surface area contributed by atoms with Crippen molar-refractivity contribution in [1.82, 2.24) is 0 Å². The molecule has 0 radical (unpaired) electrons. The third-order valence-corrected chi connectivity index (χ3v) is 4.14. The van der Waals surface area contributed by atoms with Gasteiger partial charge in [-0.25, -0.2) is 4.39 Å². The van der Waals surface area contributed by atoms with Crippen LogP contribution in [-0.4, -0.2) is 5.11 Å². The van der Waals surface area contributed by atoms with E-state index in [0.717, 1.165) is 33.4 Å². The Morgan fingerprint density at radius 2 is 1.45 bits per heavy atom. The smallest absolute Gasteiger partial charge is 0.129 e. The lowest BCUT2D eigenvalue weighted by Crippen LogP contribution is -2.09. The summed E-state index contributed by atoms with van der Waals surface area (Å²) in [5.74, 6) is -0.360.